The molecular formula is C10H20N2O2. The van der Waals surface area contributed by atoms with Crippen LogP contribution in [0.15, 0.2) is 0 Å². The topological polar surface area (TPSA) is 64.4 Å². The zero-order chi connectivity index (χ0) is 10.2. The predicted molar refractivity (Wildman–Crippen MR) is 54.8 cm³/mol. The highest BCUT2D eigenvalue weighted by molar-refractivity contribution is 5.73. The number of ether oxygens (including phenoxy) is 1. The summed E-state index contributed by atoms with van der Waals surface area (Å²) in [6.45, 7) is 3.45. The van der Waals surface area contributed by atoms with E-state index in [0.717, 1.165) is 19.7 Å². The lowest BCUT2D eigenvalue weighted by molar-refractivity contribution is -0.119. The third-order valence-electron chi connectivity index (χ3n) is 2.54. The van der Waals surface area contributed by atoms with Crippen LogP contribution in [-0.4, -0.2) is 32.2 Å². The van der Waals surface area contributed by atoms with Crippen molar-refractivity contribution in [3.63, 3.8) is 0 Å². The van der Waals surface area contributed by atoms with Gasteiger partial charge in [0, 0.05) is 13.0 Å². The summed E-state index contributed by atoms with van der Waals surface area (Å²) >= 11 is 0. The number of carbonyl (C=O) groups excluding carboxylic acids is 1. The van der Waals surface area contributed by atoms with Gasteiger partial charge in [-0.3, -0.25) is 4.79 Å². The van der Waals surface area contributed by atoms with Gasteiger partial charge in [-0.15, -0.1) is 0 Å². The van der Waals surface area contributed by atoms with Crippen LogP contribution in [0.5, 0.6) is 0 Å². The Morgan fingerprint density at radius 3 is 3.07 bits per heavy atom. The number of primary amides is 1. The van der Waals surface area contributed by atoms with Gasteiger partial charge < -0.3 is 15.8 Å². The quantitative estimate of drug-likeness (QED) is 0.626. The molecule has 1 amide bonds. The molecule has 1 fully saturated rings. The van der Waals surface area contributed by atoms with E-state index in [1.54, 1.807) is 0 Å². The lowest BCUT2D eigenvalue weighted by Gasteiger charge is -2.13. The molecule has 1 saturated heterocycles. The van der Waals surface area contributed by atoms with E-state index >= 15 is 0 Å². The first-order chi connectivity index (χ1) is 6.79. The van der Waals surface area contributed by atoms with Crippen molar-refractivity contribution in [1.29, 1.82) is 0 Å². The van der Waals surface area contributed by atoms with E-state index in [1.807, 2.05) is 0 Å². The average molecular weight is 200 g/mol. The predicted octanol–water partition coefficient (Wildman–Crippen LogP) is 0.268. The minimum Gasteiger partial charge on any atom is -0.381 e. The summed E-state index contributed by atoms with van der Waals surface area (Å²) in [5.41, 5.74) is 5.01. The molecule has 1 rings (SSSR count). The minimum atomic E-state index is -0.285. The van der Waals surface area contributed by atoms with Crippen LogP contribution in [0, 0.1) is 5.92 Å². The second kappa shape index (κ2) is 6.79. The van der Waals surface area contributed by atoms with E-state index in [1.165, 1.54) is 19.3 Å². The molecule has 82 valence electrons. The molecule has 0 saturated carbocycles. The number of amides is 1. The number of nitrogens with one attached hydrogen (secondary N) is 1. The van der Waals surface area contributed by atoms with Crippen LogP contribution in [0.2, 0.25) is 0 Å². The SMILES string of the molecule is NC(=O)CCOCC1CCCNCC1. The van der Waals surface area contributed by atoms with Gasteiger partial charge in [-0.1, -0.05) is 0 Å². The third kappa shape index (κ3) is 5.19. The summed E-state index contributed by atoms with van der Waals surface area (Å²) in [5.74, 6) is 0.366. The first kappa shape index (κ1) is 11.5. The number of hydrogen-bond donors (Lipinski definition) is 2. The molecule has 1 aliphatic heterocycles. The molecule has 4 heteroatoms. The summed E-state index contributed by atoms with van der Waals surface area (Å²) in [7, 11) is 0. The summed E-state index contributed by atoms with van der Waals surface area (Å²) in [6.07, 6.45) is 3.97. The van der Waals surface area contributed by atoms with E-state index in [9.17, 15) is 4.79 Å². The first-order valence-corrected chi connectivity index (χ1v) is 5.36. The molecule has 1 aliphatic rings. The van der Waals surface area contributed by atoms with Crippen molar-refractivity contribution in [3.8, 4) is 0 Å². The van der Waals surface area contributed by atoms with E-state index in [2.05, 4.69) is 5.32 Å². The standard InChI is InChI=1S/C10H20N2O2/c11-10(13)4-7-14-8-9-2-1-5-12-6-3-9/h9,12H,1-8H2,(H2,11,13). The normalized spacial score (nSPS) is 23.0. The lowest BCUT2D eigenvalue weighted by atomic mass is 10.0. The molecule has 0 bridgehead atoms. The van der Waals surface area contributed by atoms with Gasteiger partial charge >= 0.3 is 0 Å². The molecule has 0 radical (unpaired) electrons. The van der Waals surface area contributed by atoms with Crippen LogP contribution < -0.4 is 11.1 Å². The molecule has 1 unspecified atom stereocenters. The van der Waals surface area contributed by atoms with Crippen LogP contribution in [0.1, 0.15) is 25.7 Å². The maximum absolute atomic E-state index is 10.4. The lowest BCUT2D eigenvalue weighted by Crippen LogP contribution is -2.17. The molecule has 0 spiro atoms. The van der Waals surface area contributed by atoms with Crippen LogP contribution in [-0.2, 0) is 9.53 Å². The van der Waals surface area contributed by atoms with Gasteiger partial charge in [0.1, 0.15) is 0 Å². The maximum atomic E-state index is 10.4. The van der Waals surface area contributed by atoms with Gasteiger partial charge in [0.15, 0.2) is 0 Å². The van der Waals surface area contributed by atoms with Gasteiger partial charge in [0.25, 0.3) is 0 Å². The van der Waals surface area contributed by atoms with E-state index < -0.39 is 0 Å². The molecule has 14 heavy (non-hydrogen) atoms. The Balaban J connectivity index is 2.01. The second-order valence-corrected chi connectivity index (χ2v) is 3.84. The molecule has 0 aliphatic carbocycles. The highest BCUT2D eigenvalue weighted by Crippen LogP contribution is 2.13. The Labute approximate surface area is 85.2 Å². The summed E-state index contributed by atoms with van der Waals surface area (Å²) in [6, 6.07) is 0. The molecule has 1 atom stereocenters. The zero-order valence-electron chi connectivity index (χ0n) is 8.63. The number of carbonyl (C=O) groups is 1. The molecular weight excluding hydrogens is 180 g/mol. The Hall–Kier alpha value is -0.610. The Kier molecular flexibility index (Phi) is 5.56. The van der Waals surface area contributed by atoms with E-state index in [-0.39, 0.29) is 5.91 Å². The van der Waals surface area contributed by atoms with Crippen molar-refractivity contribution in [2.24, 2.45) is 11.7 Å². The van der Waals surface area contributed by atoms with Gasteiger partial charge in [-0.2, -0.15) is 0 Å². The Morgan fingerprint density at radius 2 is 2.29 bits per heavy atom. The average Bonchev–Trinajstić information content (AvgIpc) is 2.40. The fraction of sp³-hybridized carbons (Fsp3) is 0.900. The van der Waals surface area contributed by atoms with Crippen LogP contribution in [0.3, 0.4) is 0 Å². The fourth-order valence-corrected chi connectivity index (χ4v) is 1.68. The van der Waals surface area contributed by atoms with Crippen molar-refractivity contribution in [1.82, 2.24) is 5.32 Å². The first-order valence-electron chi connectivity index (χ1n) is 5.36. The van der Waals surface area contributed by atoms with Crippen LogP contribution in [0.25, 0.3) is 0 Å². The third-order valence-corrected chi connectivity index (χ3v) is 2.54. The van der Waals surface area contributed by atoms with Gasteiger partial charge in [-0.05, 0) is 38.3 Å². The van der Waals surface area contributed by atoms with Crippen molar-refractivity contribution in [2.75, 3.05) is 26.3 Å². The Morgan fingerprint density at radius 1 is 1.43 bits per heavy atom. The van der Waals surface area contributed by atoms with Crippen molar-refractivity contribution in [3.05, 3.63) is 0 Å². The van der Waals surface area contributed by atoms with Crippen molar-refractivity contribution < 1.29 is 9.53 Å². The highest BCUT2D eigenvalue weighted by atomic mass is 16.5. The monoisotopic (exact) mass is 200 g/mol. The Bertz CT molecular complexity index is 166. The molecule has 0 aromatic carbocycles. The molecule has 4 nitrogen and oxygen atoms in total. The zero-order valence-corrected chi connectivity index (χ0v) is 8.63. The fourth-order valence-electron chi connectivity index (χ4n) is 1.68. The highest BCUT2D eigenvalue weighted by Gasteiger charge is 2.11. The van der Waals surface area contributed by atoms with E-state index in [4.69, 9.17) is 10.5 Å². The summed E-state index contributed by atoms with van der Waals surface area (Å²) in [5, 5.41) is 3.36. The largest absolute Gasteiger partial charge is 0.381 e. The van der Waals surface area contributed by atoms with Crippen molar-refractivity contribution >= 4 is 5.91 Å². The molecule has 0 aromatic heterocycles. The number of nitrogens with two attached hydrogens (primary N) is 1. The summed E-state index contributed by atoms with van der Waals surface area (Å²) < 4.78 is 5.41. The van der Waals surface area contributed by atoms with Gasteiger partial charge in [0.05, 0.1) is 6.61 Å². The molecule has 1 heterocycles. The van der Waals surface area contributed by atoms with Crippen LogP contribution >= 0.6 is 0 Å². The molecule has 0 aromatic rings. The van der Waals surface area contributed by atoms with Crippen molar-refractivity contribution in [2.45, 2.75) is 25.7 Å². The van der Waals surface area contributed by atoms with Gasteiger partial charge in [0.2, 0.25) is 5.91 Å². The van der Waals surface area contributed by atoms with E-state index in [0.29, 0.717) is 18.9 Å². The second-order valence-electron chi connectivity index (χ2n) is 3.84. The number of hydrogen-bond acceptors (Lipinski definition) is 3. The maximum Gasteiger partial charge on any atom is 0.219 e. The van der Waals surface area contributed by atoms with Crippen LogP contribution in [0.4, 0.5) is 0 Å². The summed E-state index contributed by atoms with van der Waals surface area (Å²) in [4.78, 5) is 10.4. The number of rotatable bonds is 5. The van der Waals surface area contributed by atoms with Gasteiger partial charge in [-0.25, -0.2) is 0 Å². The smallest absolute Gasteiger partial charge is 0.219 e. The molecule has 3 N–H and O–H groups in total. The minimum absolute atomic E-state index is 0.285.